The highest BCUT2D eigenvalue weighted by atomic mass is 16.6. The van der Waals surface area contributed by atoms with Gasteiger partial charge in [-0.25, -0.2) is 4.98 Å². The van der Waals surface area contributed by atoms with Gasteiger partial charge in [-0.15, -0.1) is 0 Å². The number of ether oxygens (including phenoxy) is 1. The third-order valence-corrected chi connectivity index (χ3v) is 5.75. The lowest BCUT2D eigenvalue weighted by Crippen LogP contribution is -2.27. The molecule has 2 heterocycles. The van der Waals surface area contributed by atoms with Gasteiger partial charge in [0.05, 0.1) is 16.2 Å². The van der Waals surface area contributed by atoms with E-state index < -0.39 is 4.92 Å². The largest absolute Gasteiger partial charge is 0.474 e. The van der Waals surface area contributed by atoms with Crippen LogP contribution in [0.1, 0.15) is 54.4 Å². The number of nitro benzene ring substituents is 1. The van der Waals surface area contributed by atoms with Crippen LogP contribution in [0.5, 0.6) is 5.88 Å². The van der Waals surface area contributed by atoms with Crippen LogP contribution >= 0.6 is 0 Å². The normalized spacial score (nSPS) is 16.6. The van der Waals surface area contributed by atoms with Gasteiger partial charge >= 0.3 is 0 Å². The summed E-state index contributed by atoms with van der Waals surface area (Å²) in [5.41, 5.74) is 1.78. The highest BCUT2D eigenvalue weighted by Crippen LogP contribution is 2.29. The molecule has 0 spiro atoms. The number of pyridine rings is 1. The van der Waals surface area contributed by atoms with E-state index in [4.69, 9.17) is 4.74 Å². The number of amides is 1. The smallest absolute Gasteiger partial charge is 0.270 e. The minimum Gasteiger partial charge on any atom is -0.474 e. The minimum absolute atomic E-state index is 0.0882. The Balaban J connectivity index is 1.51. The molecule has 0 atom stereocenters. The van der Waals surface area contributed by atoms with Gasteiger partial charge in [-0.2, -0.15) is 0 Å². The SMILES string of the molecule is O=C(NCc1cccnc1OC1CCCC1)c1cc([N+](=O)[O-])ccc1N1CCCC1. The van der Waals surface area contributed by atoms with E-state index in [9.17, 15) is 14.9 Å². The average molecular weight is 410 g/mol. The fourth-order valence-corrected chi connectivity index (χ4v) is 4.15. The zero-order chi connectivity index (χ0) is 20.9. The molecular weight excluding hydrogens is 384 g/mol. The molecule has 1 saturated carbocycles. The summed E-state index contributed by atoms with van der Waals surface area (Å²) in [4.78, 5) is 30.2. The molecule has 4 rings (SSSR count). The lowest BCUT2D eigenvalue weighted by Gasteiger charge is -2.21. The highest BCUT2D eigenvalue weighted by molar-refractivity contribution is 6.00. The van der Waals surface area contributed by atoms with Crippen molar-refractivity contribution in [2.45, 2.75) is 51.2 Å². The van der Waals surface area contributed by atoms with Gasteiger partial charge in [0, 0.05) is 43.5 Å². The van der Waals surface area contributed by atoms with E-state index >= 15 is 0 Å². The third kappa shape index (κ3) is 4.53. The van der Waals surface area contributed by atoms with Crippen LogP contribution in [-0.4, -0.2) is 35.0 Å². The van der Waals surface area contributed by atoms with Crippen molar-refractivity contribution in [3.63, 3.8) is 0 Å². The maximum Gasteiger partial charge on any atom is 0.270 e. The summed E-state index contributed by atoms with van der Waals surface area (Å²) in [5.74, 6) is 0.208. The minimum atomic E-state index is -0.473. The molecule has 1 N–H and O–H groups in total. The first-order chi connectivity index (χ1) is 14.6. The lowest BCUT2D eigenvalue weighted by atomic mass is 10.1. The van der Waals surface area contributed by atoms with E-state index in [0.29, 0.717) is 11.4 Å². The van der Waals surface area contributed by atoms with E-state index in [1.165, 1.54) is 12.1 Å². The predicted molar refractivity (Wildman–Crippen MR) is 113 cm³/mol. The summed E-state index contributed by atoms with van der Waals surface area (Å²) in [6.07, 6.45) is 8.33. The molecule has 2 aromatic rings. The van der Waals surface area contributed by atoms with Crippen LogP contribution in [0.3, 0.4) is 0 Å². The van der Waals surface area contributed by atoms with Crippen molar-refractivity contribution >= 4 is 17.3 Å². The lowest BCUT2D eigenvalue weighted by molar-refractivity contribution is -0.384. The molecule has 1 aliphatic heterocycles. The summed E-state index contributed by atoms with van der Waals surface area (Å²) in [6, 6.07) is 8.19. The number of carbonyl (C=O) groups excluding carboxylic acids is 1. The second-order valence-corrected chi connectivity index (χ2v) is 7.83. The van der Waals surface area contributed by atoms with Crippen LogP contribution in [0.15, 0.2) is 36.5 Å². The van der Waals surface area contributed by atoms with E-state index in [1.54, 1.807) is 12.3 Å². The van der Waals surface area contributed by atoms with Crippen LogP contribution in [0, 0.1) is 10.1 Å². The van der Waals surface area contributed by atoms with E-state index in [-0.39, 0.29) is 24.2 Å². The van der Waals surface area contributed by atoms with Gasteiger partial charge in [0.1, 0.15) is 6.10 Å². The molecular formula is C22H26N4O4. The first-order valence-electron chi connectivity index (χ1n) is 10.5. The Bertz CT molecular complexity index is 921. The zero-order valence-corrected chi connectivity index (χ0v) is 16.9. The summed E-state index contributed by atoms with van der Waals surface area (Å²) >= 11 is 0. The number of anilines is 1. The standard InChI is InChI=1S/C22H26N4O4/c27-21(19-14-17(26(28)29)9-10-20(19)25-12-3-4-13-25)24-15-16-6-5-11-23-22(16)30-18-7-1-2-8-18/h5-6,9-11,14,18H,1-4,7-8,12-13,15H2,(H,24,27). The molecule has 1 aromatic carbocycles. The fourth-order valence-electron chi connectivity index (χ4n) is 4.15. The van der Waals surface area contributed by atoms with Gasteiger partial charge in [0.2, 0.25) is 5.88 Å². The second-order valence-electron chi connectivity index (χ2n) is 7.83. The number of hydrogen-bond donors (Lipinski definition) is 1. The van der Waals surface area contributed by atoms with E-state index in [2.05, 4.69) is 15.2 Å². The number of non-ortho nitro benzene ring substituents is 1. The number of benzene rings is 1. The predicted octanol–water partition coefficient (Wildman–Crippen LogP) is 3.84. The van der Waals surface area contributed by atoms with Crippen molar-refractivity contribution in [2.75, 3.05) is 18.0 Å². The van der Waals surface area contributed by atoms with Crippen LogP contribution < -0.4 is 15.0 Å². The Kier molecular flexibility index (Phi) is 6.11. The van der Waals surface area contributed by atoms with Crippen molar-refractivity contribution in [2.24, 2.45) is 0 Å². The van der Waals surface area contributed by atoms with Crippen molar-refractivity contribution < 1.29 is 14.5 Å². The molecule has 2 aliphatic rings. The molecule has 0 unspecified atom stereocenters. The molecule has 30 heavy (non-hydrogen) atoms. The molecule has 158 valence electrons. The number of nitrogens with zero attached hydrogens (tertiary/aromatic N) is 3. The molecule has 1 aromatic heterocycles. The number of nitro groups is 1. The van der Waals surface area contributed by atoms with Gasteiger partial charge < -0.3 is 15.0 Å². The quantitative estimate of drug-likeness (QED) is 0.550. The highest BCUT2D eigenvalue weighted by Gasteiger charge is 2.23. The first kappa shape index (κ1) is 20.1. The Labute approximate surface area is 175 Å². The number of carbonyl (C=O) groups is 1. The molecule has 8 nitrogen and oxygen atoms in total. The maximum absolute atomic E-state index is 13.0. The van der Waals surface area contributed by atoms with E-state index in [1.807, 2.05) is 12.1 Å². The molecule has 2 fully saturated rings. The Morgan fingerprint density at radius 1 is 1.20 bits per heavy atom. The summed E-state index contributed by atoms with van der Waals surface area (Å²) in [6.45, 7) is 1.94. The second kappa shape index (κ2) is 9.11. The van der Waals surface area contributed by atoms with Gasteiger partial charge in [-0.3, -0.25) is 14.9 Å². The average Bonchev–Trinajstić information content (AvgIpc) is 3.47. The van der Waals surface area contributed by atoms with Gasteiger partial charge in [0.15, 0.2) is 0 Å². The number of nitrogens with one attached hydrogen (secondary N) is 1. The topological polar surface area (TPSA) is 97.6 Å². The Morgan fingerprint density at radius 3 is 2.70 bits per heavy atom. The molecule has 1 amide bonds. The van der Waals surface area contributed by atoms with Crippen LogP contribution in [-0.2, 0) is 6.54 Å². The van der Waals surface area contributed by atoms with Gasteiger partial charge in [0.25, 0.3) is 11.6 Å². The number of rotatable bonds is 7. The Hall–Kier alpha value is -3.16. The van der Waals surface area contributed by atoms with Crippen LogP contribution in [0.25, 0.3) is 0 Å². The van der Waals surface area contributed by atoms with Crippen molar-refractivity contribution in [1.29, 1.82) is 0 Å². The number of aromatic nitrogens is 1. The fraction of sp³-hybridized carbons (Fsp3) is 0.455. The first-order valence-corrected chi connectivity index (χ1v) is 10.5. The van der Waals surface area contributed by atoms with E-state index in [0.717, 1.165) is 62.9 Å². The van der Waals surface area contributed by atoms with Gasteiger partial charge in [-0.05, 0) is 50.7 Å². The maximum atomic E-state index is 13.0. The van der Waals surface area contributed by atoms with Crippen LogP contribution in [0.2, 0.25) is 0 Å². The van der Waals surface area contributed by atoms with Crippen LogP contribution in [0.4, 0.5) is 11.4 Å². The summed E-state index contributed by atoms with van der Waals surface area (Å²) < 4.78 is 6.04. The molecule has 1 saturated heterocycles. The molecule has 0 radical (unpaired) electrons. The molecule has 1 aliphatic carbocycles. The monoisotopic (exact) mass is 410 g/mol. The molecule has 0 bridgehead atoms. The van der Waals surface area contributed by atoms with Crippen molar-refractivity contribution in [1.82, 2.24) is 10.3 Å². The van der Waals surface area contributed by atoms with Crippen molar-refractivity contribution in [3.8, 4) is 5.88 Å². The molecule has 8 heteroatoms. The van der Waals surface area contributed by atoms with Crippen molar-refractivity contribution in [3.05, 3.63) is 57.8 Å². The summed E-state index contributed by atoms with van der Waals surface area (Å²) in [7, 11) is 0. The third-order valence-electron chi connectivity index (χ3n) is 5.75. The number of hydrogen-bond acceptors (Lipinski definition) is 6. The zero-order valence-electron chi connectivity index (χ0n) is 16.9. The Morgan fingerprint density at radius 2 is 1.97 bits per heavy atom. The summed E-state index contributed by atoms with van der Waals surface area (Å²) in [5, 5.41) is 14.1. The van der Waals surface area contributed by atoms with Gasteiger partial charge in [-0.1, -0.05) is 6.07 Å².